The molecule has 2 aromatic rings. The molecule has 3 N–H and O–H groups in total. The van der Waals surface area contributed by atoms with E-state index in [1.165, 1.54) is 13.2 Å². The van der Waals surface area contributed by atoms with Crippen LogP contribution in [-0.2, 0) is 11.8 Å². The number of phenols is 3. The van der Waals surface area contributed by atoms with Gasteiger partial charge in [0.15, 0.2) is 17.3 Å². The summed E-state index contributed by atoms with van der Waals surface area (Å²) in [7, 11) is 1.44. The van der Waals surface area contributed by atoms with Crippen LogP contribution in [0.2, 0.25) is 0 Å². The number of ketones is 1. The number of benzene rings is 2. The van der Waals surface area contributed by atoms with Crippen LogP contribution in [0.15, 0.2) is 24.3 Å². The summed E-state index contributed by atoms with van der Waals surface area (Å²) in [4.78, 5) is 13.0. The zero-order valence-corrected chi connectivity index (χ0v) is 12.3. The van der Waals surface area contributed by atoms with E-state index in [-0.39, 0.29) is 46.7 Å². The second-order valence-electron chi connectivity index (χ2n) is 5.90. The van der Waals surface area contributed by atoms with Gasteiger partial charge in [0.05, 0.1) is 12.5 Å². The van der Waals surface area contributed by atoms with Crippen LogP contribution in [-0.4, -0.2) is 34.8 Å². The highest BCUT2D eigenvalue weighted by molar-refractivity contribution is 6.11. The molecule has 0 unspecified atom stereocenters. The van der Waals surface area contributed by atoms with E-state index in [9.17, 15) is 20.1 Å². The van der Waals surface area contributed by atoms with Crippen molar-refractivity contribution in [3.8, 4) is 28.7 Å². The van der Waals surface area contributed by atoms with Gasteiger partial charge in [-0.3, -0.25) is 4.79 Å². The van der Waals surface area contributed by atoms with Crippen LogP contribution in [0.25, 0.3) is 0 Å². The molecule has 0 saturated carbocycles. The largest absolute Gasteiger partial charge is 0.508 e. The maximum absolute atomic E-state index is 13.0. The lowest BCUT2D eigenvalue weighted by Gasteiger charge is -2.45. The summed E-state index contributed by atoms with van der Waals surface area (Å²) in [5.74, 6) is -0.225. The topological polar surface area (TPSA) is 96.2 Å². The van der Waals surface area contributed by atoms with E-state index in [1.807, 2.05) is 0 Å². The van der Waals surface area contributed by atoms with Crippen molar-refractivity contribution in [3.63, 3.8) is 0 Å². The van der Waals surface area contributed by atoms with E-state index in [0.29, 0.717) is 6.42 Å². The number of rotatable bonds is 1. The molecule has 6 heteroatoms. The molecule has 118 valence electrons. The summed E-state index contributed by atoms with van der Waals surface area (Å²) in [6.07, 6.45) is 0.415. The lowest BCUT2D eigenvalue weighted by Crippen LogP contribution is -2.52. The molecule has 0 bridgehead atoms. The molecule has 0 radical (unpaired) electrons. The summed E-state index contributed by atoms with van der Waals surface area (Å²) < 4.78 is 10.7. The molecule has 0 saturated heterocycles. The molecule has 6 nitrogen and oxygen atoms in total. The van der Waals surface area contributed by atoms with Crippen LogP contribution < -0.4 is 9.47 Å². The maximum Gasteiger partial charge on any atom is 0.184 e. The Morgan fingerprint density at radius 2 is 1.91 bits per heavy atom. The molecule has 0 fully saturated rings. The van der Waals surface area contributed by atoms with E-state index >= 15 is 0 Å². The summed E-state index contributed by atoms with van der Waals surface area (Å²) in [5, 5.41) is 29.4. The van der Waals surface area contributed by atoms with E-state index < -0.39 is 5.41 Å². The van der Waals surface area contributed by atoms with Crippen molar-refractivity contribution >= 4 is 5.78 Å². The van der Waals surface area contributed by atoms with Gasteiger partial charge in [-0.2, -0.15) is 0 Å². The highest BCUT2D eigenvalue weighted by Crippen LogP contribution is 2.52. The minimum Gasteiger partial charge on any atom is -0.508 e. The van der Waals surface area contributed by atoms with Gasteiger partial charge >= 0.3 is 0 Å². The van der Waals surface area contributed by atoms with Gasteiger partial charge in [-0.05, 0) is 29.7 Å². The molecule has 23 heavy (non-hydrogen) atoms. The third-order valence-corrected chi connectivity index (χ3v) is 4.61. The smallest absolute Gasteiger partial charge is 0.184 e. The average molecular weight is 314 g/mol. The first-order valence-corrected chi connectivity index (χ1v) is 7.10. The first kappa shape index (κ1) is 13.8. The lowest BCUT2D eigenvalue weighted by molar-refractivity contribution is 0.0723. The number of hydrogen-bond donors (Lipinski definition) is 3. The molecule has 4 rings (SSSR count). The first-order valence-electron chi connectivity index (χ1n) is 7.10. The summed E-state index contributed by atoms with van der Waals surface area (Å²) in [6.45, 7) is 0.114. The third kappa shape index (κ3) is 1.66. The Morgan fingerprint density at radius 1 is 1.13 bits per heavy atom. The van der Waals surface area contributed by atoms with Crippen molar-refractivity contribution in [1.29, 1.82) is 0 Å². The van der Waals surface area contributed by atoms with Gasteiger partial charge in [-0.1, -0.05) is 0 Å². The van der Waals surface area contributed by atoms with E-state index in [0.717, 1.165) is 17.2 Å². The highest BCUT2D eigenvalue weighted by Gasteiger charge is 2.54. The van der Waals surface area contributed by atoms with E-state index in [1.54, 1.807) is 12.1 Å². The average Bonchev–Trinajstić information content (AvgIpc) is 2.48. The van der Waals surface area contributed by atoms with Gasteiger partial charge in [0, 0.05) is 12.1 Å². The normalized spacial score (nSPS) is 21.2. The van der Waals surface area contributed by atoms with Crippen LogP contribution in [0.3, 0.4) is 0 Å². The number of hydrogen-bond acceptors (Lipinski definition) is 6. The minimum absolute atomic E-state index is 0.0263. The van der Waals surface area contributed by atoms with E-state index in [2.05, 4.69) is 0 Å². The Kier molecular flexibility index (Phi) is 2.58. The maximum atomic E-state index is 13.0. The molecule has 1 heterocycles. The Labute approximate surface area is 131 Å². The number of Topliss-reactive ketones (excluding diaryl/α,β-unsaturated/α-hetero) is 1. The molecule has 1 aliphatic heterocycles. The minimum atomic E-state index is -0.891. The van der Waals surface area contributed by atoms with Crippen LogP contribution in [0, 0.1) is 0 Å². The van der Waals surface area contributed by atoms with Gasteiger partial charge in [0.1, 0.15) is 29.4 Å². The Balaban J connectivity index is 1.85. The Bertz CT molecular complexity index is 857. The molecule has 2 aliphatic rings. The van der Waals surface area contributed by atoms with E-state index in [4.69, 9.17) is 9.47 Å². The fourth-order valence-corrected chi connectivity index (χ4v) is 3.45. The molecule has 0 amide bonds. The number of carbonyl (C=O) groups excluding carboxylic acids is 1. The SMILES string of the molecule is COc1cc2c(cc1O)C[C@]21COc2cc(O)cc(O)c2C1=O. The number of phenolic OH excluding ortho intramolecular Hbond substituents is 3. The Hall–Kier alpha value is -2.89. The number of ether oxygens (including phenoxy) is 2. The molecule has 1 atom stereocenters. The molecule has 1 aliphatic carbocycles. The summed E-state index contributed by atoms with van der Waals surface area (Å²) >= 11 is 0. The van der Waals surface area contributed by atoms with Gasteiger partial charge < -0.3 is 24.8 Å². The molecule has 2 aromatic carbocycles. The predicted molar refractivity (Wildman–Crippen MR) is 79.6 cm³/mol. The number of fused-ring (bicyclic) bond motifs is 3. The quantitative estimate of drug-likeness (QED) is 0.744. The van der Waals surface area contributed by atoms with Gasteiger partial charge in [-0.15, -0.1) is 0 Å². The van der Waals surface area contributed by atoms with Crippen molar-refractivity contribution in [1.82, 2.24) is 0 Å². The fraction of sp³-hybridized carbons (Fsp3) is 0.235. The van der Waals surface area contributed by atoms with Gasteiger partial charge in [0.2, 0.25) is 0 Å². The third-order valence-electron chi connectivity index (χ3n) is 4.61. The monoisotopic (exact) mass is 314 g/mol. The number of carbonyl (C=O) groups is 1. The second kappa shape index (κ2) is 4.32. The van der Waals surface area contributed by atoms with Crippen molar-refractivity contribution in [3.05, 3.63) is 41.0 Å². The van der Waals surface area contributed by atoms with Crippen molar-refractivity contribution in [2.24, 2.45) is 0 Å². The number of methoxy groups -OCH3 is 1. The number of aromatic hydroxyl groups is 3. The van der Waals surface area contributed by atoms with Gasteiger partial charge in [-0.25, -0.2) is 0 Å². The molecule has 1 spiro atoms. The fourth-order valence-electron chi connectivity index (χ4n) is 3.45. The van der Waals surface area contributed by atoms with Crippen molar-refractivity contribution in [2.75, 3.05) is 13.7 Å². The van der Waals surface area contributed by atoms with Crippen LogP contribution in [0.5, 0.6) is 28.7 Å². The van der Waals surface area contributed by atoms with Crippen molar-refractivity contribution in [2.45, 2.75) is 11.8 Å². The van der Waals surface area contributed by atoms with Crippen molar-refractivity contribution < 1.29 is 29.6 Å². The molecule has 0 aromatic heterocycles. The highest BCUT2D eigenvalue weighted by atomic mass is 16.5. The zero-order valence-electron chi connectivity index (χ0n) is 12.3. The van der Waals surface area contributed by atoms with Crippen LogP contribution >= 0.6 is 0 Å². The standard InChI is InChI=1S/C17H14O6/c1-22-13-5-10-8(2-11(13)19)6-17(10)7-23-14-4-9(18)3-12(20)15(14)16(17)21/h2-5,18-20H,6-7H2,1H3/t17-/m0/s1. The molecular weight excluding hydrogens is 300 g/mol. The van der Waals surface area contributed by atoms with Gasteiger partial charge in [0.25, 0.3) is 0 Å². The zero-order chi connectivity index (χ0) is 16.4. The second-order valence-corrected chi connectivity index (χ2v) is 5.90. The lowest BCUT2D eigenvalue weighted by atomic mass is 9.60. The predicted octanol–water partition coefficient (Wildman–Crippen LogP) is 1.88. The van der Waals surface area contributed by atoms with Crippen LogP contribution in [0.1, 0.15) is 21.5 Å². The Morgan fingerprint density at radius 3 is 2.65 bits per heavy atom. The summed E-state index contributed by atoms with van der Waals surface area (Å²) in [5.41, 5.74) is 0.765. The van der Waals surface area contributed by atoms with Crippen LogP contribution in [0.4, 0.5) is 0 Å². The first-order chi connectivity index (χ1) is 11.0. The summed E-state index contributed by atoms with van der Waals surface area (Å²) in [6, 6.07) is 5.66. The molecular formula is C17H14O6.